The molecule has 2 amide bonds. The Morgan fingerprint density at radius 3 is 2.67 bits per heavy atom. The maximum absolute atomic E-state index is 12.5. The lowest BCUT2D eigenvalue weighted by molar-refractivity contribution is -0.123. The highest BCUT2D eigenvalue weighted by Gasteiger charge is 2.23. The molecule has 0 aromatic heterocycles. The molecule has 0 aliphatic carbocycles. The molecule has 1 aliphatic heterocycles. The quantitative estimate of drug-likeness (QED) is 0.650. The van der Waals surface area contributed by atoms with E-state index in [1.807, 2.05) is 13.8 Å². The Morgan fingerprint density at radius 2 is 2.04 bits per heavy atom. The van der Waals surface area contributed by atoms with E-state index in [0.717, 1.165) is 19.5 Å². The number of amides is 2. The van der Waals surface area contributed by atoms with Crippen LogP contribution in [-0.4, -0.2) is 50.7 Å². The summed E-state index contributed by atoms with van der Waals surface area (Å²) in [4.78, 5) is 24.2. The molecule has 152 valence electrons. The second-order valence-electron chi connectivity index (χ2n) is 6.93. The maximum atomic E-state index is 12.5. The van der Waals surface area contributed by atoms with Crippen molar-refractivity contribution in [2.45, 2.75) is 39.3 Å². The van der Waals surface area contributed by atoms with Gasteiger partial charge in [0.2, 0.25) is 0 Å². The summed E-state index contributed by atoms with van der Waals surface area (Å²) >= 11 is 0. The molecule has 1 aromatic rings. The van der Waals surface area contributed by atoms with Crippen LogP contribution in [0.3, 0.4) is 0 Å². The van der Waals surface area contributed by atoms with Gasteiger partial charge in [0.25, 0.3) is 11.8 Å². The van der Waals surface area contributed by atoms with Crippen molar-refractivity contribution in [2.75, 3.05) is 26.8 Å². The summed E-state index contributed by atoms with van der Waals surface area (Å²) in [5, 5.41) is 9.12. The van der Waals surface area contributed by atoms with Gasteiger partial charge in [0, 0.05) is 24.2 Å². The van der Waals surface area contributed by atoms with Crippen LogP contribution in [0.4, 0.5) is 0 Å². The highest BCUT2D eigenvalue weighted by Crippen LogP contribution is 2.28. The third-order valence-electron chi connectivity index (χ3n) is 4.38. The van der Waals surface area contributed by atoms with E-state index in [1.165, 1.54) is 7.11 Å². The predicted molar refractivity (Wildman–Crippen MR) is 107 cm³/mol. The molecule has 2 unspecified atom stereocenters. The summed E-state index contributed by atoms with van der Waals surface area (Å²) in [6.45, 7) is 7.56. The van der Waals surface area contributed by atoms with Crippen LogP contribution in [0.5, 0.6) is 11.5 Å². The van der Waals surface area contributed by atoms with Gasteiger partial charge in [-0.1, -0.05) is 6.92 Å². The Bertz CT molecular complexity index is 639. The number of methoxy groups -OCH3 is 1. The van der Waals surface area contributed by atoms with Gasteiger partial charge in [-0.15, -0.1) is 12.4 Å². The third kappa shape index (κ3) is 6.92. The SMILES string of the molecule is COc1cc(C(=O)NC2CNCCC2C)ccc1OCC(=O)NC(C)C.Cl. The fourth-order valence-electron chi connectivity index (χ4n) is 2.87. The topological polar surface area (TPSA) is 88.7 Å². The summed E-state index contributed by atoms with van der Waals surface area (Å²) in [6, 6.07) is 5.12. The number of hydrogen-bond donors (Lipinski definition) is 3. The fraction of sp³-hybridized carbons (Fsp3) is 0.579. The molecule has 1 aromatic carbocycles. The van der Waals surface area contributed by atoms with Gasteiger partial charge < -0.3 is 25.4 Å². The number of hydrogen-bond acceptors (Lipinski definition) is 5. The summed E-state index contributed by atoms with van der Waals surface area (Å²) < 4.78 is 10.8. The van der Waals surface area contributed by atoms with Crippen LogP contribution in [0.1, 0.15) is 37.6 Å². The number of ether oxygens (including phenoxy) is 2. The lowest BCUT2D eigenvalue weighted by atomic mass is 9.94. The molecule has 3 N–H and O–H groups in total. The van der Waals surface area contributed by atoms with Gasteiger partial charge in [-0.2, -0.15) is 0 Å². The Labute approximate surface area is 167 Å². The Balaban J connectivity index is 0.00000364. The van der Waals surface area contributed by atoms with Crippen LogP contribution in [0, 0.1) is 5.92 Å². The van der Waals surface area contributed by atoms with E-state index in [9.17, 15) is 9.59 Å². The van der Waals surface area contributed by atoms with Gasteiger partial charge in [-0.3, -0.25) is 9.59 Å². The van der Waals surface area contributed by atoms with Gasteiger partial charge in [0.15, 0.2) is 18.1 Å². The summed E-state index contributed by atoms with van der Waals surface area (Å²) in [6.07, 6.45) is 1.04. The lowest BCUT2D eigenvalue weighted by Gasteiger charge is -2.30. The molecule has 27 heavy (non-hydrogen) atoms. The molecule has 8 heteroatoms. The van der Waals surface area contributed by atoms with Gasteiger partial charge in [0.1, 0.15) is 0 Å². The molecule has 7 nitrogen and oxygen atoms in total. The van der Waals surface area contributed by atoms with Gasteiger partial charge in [-0.25, -0.2) is 0 Å². The largest absolute Gasteiger partial charge is 0.493 e. The van der Waals surface area contributed by atoms with Crippen molar-refractivity contribution in [3.63, 3.8) is 0 Å². The smallest absolute Gasteiger partial charge is 0.258 e. The number of benzene rings is 1. The summed E-state index contributed by atoms with van der Waals surface area (Å²) in [5.74, 6) is 0.931. The minimum Gasteiger partial charge on any atom is -0.493 e. The Kier molecular flexibility index (Phi) is 9.38. The number of piperidine rings is 1. The van der Waals surface area contributed by atoms with Crippen molar-refractivity contribution in [3.8, 4) is 11.5 Å². The van der Waals surface area contributed by atoms with Crippen LogP contribution in [0.15, 0.2) is 18.2 Å². The number of halogens is 1. The van der Waals surface area contributed by atoms with E-state index < -0.39 is 0 Å². The second-order valence-corrected chi connectivity index (χ2v) is 6.93. The van der Waals surface area contributed by atoms with E-state index >= 15 is 0 Å². The van der Waals surface area contributed by atoms with Crippen molar-refractivity contribution in [3.05, 3.63) is 23.8 Å². The van der Waals surface area contributed by atoms with Crippen molar-refractivity contribution in [1.29, 1.82) is 0 Å². The molecule has 0 radical (unpaired) electrons. The fourth-order valence-corrected chi connectivity index (χ4v) is 2.87. The van der Waals surface area contributed by atoms with Crippen LogP contribution in [0.25, 0.3) is 0 Å². The molecule has 0 bridgehead atoms. The van der Waals surface area contributed by atoms with E-state index in [2.05, 4.69) is 22.9 Å². The Morgan fingerprint density at radius 1 is 1.30 bits per heavy atom. The highest BCUT2D eigenvalue weighted by atomic mass is 35.5. The van der Waals surface area contributed by atoms with Crippen LogP contribution >= 0.6 is 12.4 Å². The monoisotopic (exact) mass is 399 g/mol. The average molecular weight is 400 g/mol. The van der Waals surface area contributed by atoms with Crippen molar-refractivity contribution >= 4 is 24.2 Å². The normalized spacial score (nSPS) is 19.0. The molecule has 2 atom stereocenters. The zero-order chi connectivity index (χ0) is 19.1. The molecular formula is C19H30ClN3O4. The first-order valence-corrected chi connectivity index (χ1v) is 9.02. The predicted octanol–water partition coefficient (Wildman–Crippen LogP) is 1.75. The van der Waals surface area contributed by atoms with E-state index in [-0.39, 0.29) is 42.9 Å². The standard InChI is InChI=1S/C19H29N3O4.ClH/c1-12(2)21-18(23)11-26-16-6-5-14(9-17(16)25-4)19(24)22-15-10-20-8-7-13(15)3;/h5-6,9,12-13,15,20H,7-8,10-11H2,1-4H3,(H,21,23)(H,22,24);1H. The zero-order valence-corrected chi connectivity index (χ0v) is 17.2. The number of rotatable bonds is 7. The number of nitrogens with one attached hydrogen (secondary N) is 3. The van der Waals surface area contributed by atoms with E-state index in [1.54, 1.807) is 18.2 Å². The number of carbonyl (C=O) groups is 2. The molecule has 1 aliphatic rings. The Hall–Kier alpha value is -1.99. The first kappa shape index (κ1) is 23.0. The van der Waals surface area contributed by atoms with Gasteiger partial charge in [-0.05, 0) is 50.9 Å². The zero-order valence-electron chi connectivity index (χ0n) is 16.3. The van der Waals surface area contributed by atoms with Crippen LogP contribution in [0.2, 0.25) is 0 Å². The second kappa shape index (κ2) is 11.0. The molecule has 1 fully saturated rings. The maximum Gasteiger partial charge on any atom is 0.258 e. The van der Waals surface area contributed by atoms with Gasteiger partial charge in [0.05, 0.1) is 7.11 Å². The molecule has 0 saturated carbocycles. The minimum atomic E-state index is -0.206. The first-order chi connectivity index (χ1) is 12.4. The van der Waals surface area contributed by atoms with Crippen molar-refractivity contribution < 1.29 is 19.1 Å². The lowest BCUT2D eigenvalue weighted by Crippen LogP contribution is -2.50. The number of carbonyl (C=O) groups excluding carboxylic acids is 2. The first-order valence-electron chi connectivity index (χ1n) is 9.02. The van der Waals surface area contributed by atoms with Crippen molar-refractivity contribution in [2.24, 2.45) is 5.92 Å². The molecule has 1 heterocycles. The van der Waals surface area contributed by atoms with Crippen LogP contribution in [-0.2, 0) is 4.79 Å². The summed E-state index contributed by atoms with van der Waals surface area (Å²) in [7, 11) is 1.51. The highest BCUT2D eigenvalue weighted by molar-refractivity contribution is 5.95. The molecular weight excluding hydrogens is 370 g/mol. The molecule has 2 rings (SSSR count). The summed E-state index contributed by atoms with van der Waals surface area (Å²) in [5.41, 5.74) is 0.499. The molecule has 0 spiro atoms. The van der Waals surface area contributed by atoms with Crippen LogP contribution < -0.4 is 25.4 Å². The molecule has 1 saturated heterocycles. The van der Waals surface area contributed by atoms with E-state index in [4.69, 9.17) is 9.47 Å². The van der Waals surface area contributed by atoms with Gasteiger partial charge >= 0.3 is 0 Å². The minimum absolute atomic E-state index is 0. The van der Waals surface area contributed by atoms with Crippen molar-refractivity contribution in [1.82, 2.24) is 16.0 Å². The third-order valence-corrected chi connectivity index (χ3v) is 4.38. The van der Waals surface area contributed by atoms with E-state index in [0.29, 0.717) is 23.0 Å². The average Bonchev–Trinajstić information content (AvgIpc) is 2.61.